The minimum atomic E-state index is -0.278. The highest BCUT2D eigenvalue weighted by molar-refractivity contribution is 6.71. The molecule has 0 saturated carbocycles. The highest BCUT2D eigenvalue weighted by Crippen LogP contribution is 2.00. The SMILES string of the molecule is CC[Si](C)c1ccc(COC)cc1. The Kier molecular flexibility index (Phi) is 4.19. The number of ether oxygens (including phenoxy) is 1. The molecule has 0 fully saturated rings. The molecule has 1 nitrogen and oxygen atoms in total. The van der Waals surface area contributed by atoms with Gasteiger partial charge in [-0.2, -0.15) is 0 Å². The molecule has 13 heavy (non-hydrogen) atoms. The first-order chi connectivity index (χ1) is 6.27. The number of hydrogen-bond donors (Lipinski definition) is 0. The van der Waals surface area contributed by atoms with E-state index >= 15 is 0 Å². The van der Waals surface area contributed by atoms with Crippen molar-refractivity contribution in [1.82, 2.24) is 0 Å². The van der Waals surface area contributed by atoms with Crippen molar-refractivity contribution in [2.24, 2.45) is 0 Å². The van der Waals surface area contributed by atoms with Crippen molar-refractivity contribution in [2.75, 3.05) is 7.11 Å². The Morgan fingerprint density at radius 1 is 1.23 bits per heavy atom. The Labute approximate surface area is 82.3 Å². The van der Waals surface area contributed by atoms with Crippen LogP contribution in [0.3, 0.4) is 0 Å². The third-order valence-electron chi connectivity index (χ3n) is 2.29. The first kappa shape index (κ1) is 10.5. The van der Waals surface area contributed by atoms with E-state index in [-0.39, 0.29) is 8.80 Å². The Morgan fingerprint density at radius 3 is 2.31 bits per heavy atom. The first-order valence-electron chi connectivity index (χ1n) is 4.68. The normalized spacial score (nSPS) is 10.8. The van der Waals surface area contributed by atoms with Gasteiger partial charge in [-0.3, -0.25) is 0 Å². The van der Waals surface area contributed by atoms with E-state index in [0.29, 0.717) is 0 Å². The molecule has 0 bridgehead atoms. The summed E-state index contributed by atoms with van der Waals surface area (Å²) in [5, 5.41) is 1.52. The van der Waals surface area contributed by atoms with Gasteiger partial charge in [-0.05, 0) is 5.56 Å². The average molecular weight is 193 g/mol. The zero-order chi connectivity index (χ0) is 9.68. The molecular formula is C11H17OSi. The lowest BCUT2D eigenvalue weighted by Crippen LogP contribution is -2.24. The van der Waals surface area contributed by atoms with Crippen LogP contribution in [-0.4, -0.2) is 15.9 Å². The average Bonchev–Trinajstić information content (AvgIpc) is 2.18. The molecule has 1 aromatic carbocycles. The third-order valence-corrected chi connectivity index (χ3v) is 4.67. The second-order valence-corrected chi connectivity index (χ2v) is 6.11. The van der Waals surface area contributed by atoms with Crippen LogP contribution in [-0.2, 0) is 11.3 Å². The van der Waals surface area contributed by atoms with Crippen molar-refractivity contribution in [3.63, 3.8) is 0 Å². The van der Waals surface area contributed by atoms with E-state index in [4.69, 9.17) is 4.74 Å². The van der Waals surface area contributed by atoms with Crippen LogP contribution in [0.4, 0.5) is 0 Å². The molecule has 71 valence electrons. The van der Waals surface area contributed by atoms with Gasteiger partial charge in [0.2, 0.25) is 0 Å². The highest BCUT2D eigenvalue weighted by atomic mass is 28.3. The number of hydrogen-bond acceptors (Lipinski definition) is 1. The molecule has 0 aliphatic rings. The standard InChI is InChI=1S/C11H17OSi/c1-4-13(3)11-7-5-10(6-8-11)9-12-2/h5-8H,4,9H2,1-3H3. The van der Waals surface area contributed by atoms with Gasteiger partial charge in [0.15, 0.2) is 0 Å². The van der Waals surface area contributed by atoms with Crippen LogP contribution in [0.25, 0.3) is 0 Å². The summed E-state index contributed by atoms with van der Waals surface area (Å²) in [4.78, 5) is 0. The molecule has 1 aromatic rings. The zero-order valence-corrected chi connectivity index (χ0v) is 9.63. The summed E-state index contributed by atoms with van der Waals surface area (Å²) in [5.74, 6) is 0. The van der Waals surface area contributed by atoms with E-state index in [9.17, 15) is 0 Å². The van der Waals surface area contributed by atoms with Gasteiger partial charge in [-0.1, -0.05) is 49.0 Å². The molecule has 0 spiro atoms. The second kappa shape index (κ2) is 5.20. The molecule has 0 heterocycles. The van der Waals surface area contributed by atoms with E-state index in [1.165, 1.54) is 16.8 Å². The maximum absolute atomic E-state index is 5.06. The largest absolute Gasteiger partial charge is 0.380 e. The molecule has 0 aromatic heterocycles. The van der Waals surface area contributed by atoms with E-state index in [2.05, 4.69) is 37.7 Å². The minimum Gasteiger partial charge on any atom is -0.380 e. The lowest BCUT2D eigenvalue weighted by molar-refractivity contribution is 0.185. The molecule has 0 atom stereocenters. The first-order valence-corrected chi connectivity index (χ1v) is 6.89. The number of methoxy groups -OCH3 is 1. The summed E-state index contributed by atoms with van der Waals surface area (Å²) < 4.78 is 5.06. The van der Waals surface area contributed by atoms with Crippen LogP contribution in [0.1, 0.15) is 12.5 Å². The van der Waals surface area contributed by atoms with Gasteiger partial charge in [0.25, 0.3) is 0 Å². The number of rotatable bonds is 4. The van der Waals surface area contributed by atoms with Gasteiger partial charge in [-0.25, -0.2) is 0 Å². The van der Waals surface area contributed by atoms with Gasteiger partial charge < -0.3 is 4.74 Å². The van der Waals surface area contributed by atoms with E-state index in [1.54, 1.807) is 7.11 Å². The Morgan fingerprint density at radius 2 is 1.85 bits per heavy atom. The predicted octanol–water partition coefficient (Wildman–Crippen LogP) is 2.18. The van der Waals surface area contributed by atoms with Gasteiger partial charge >= 0.3 is 0 Å². The van der Waals surface area contributed by atoms with Crippen LogP contribution in [0.5, 0.6) is 0 Å². The van der Waals surface area contributed by atoms with Crippen LogP contribution in [0.2, 0.25) is 12.6 Å². The summed E-state index contributed by atoms with van der Waals surface area (Å²) in [6.07, 6.45) is 0. The smallest absolute Gasteiger partial charge is 0.0821 e. The highest BCUT2D eigenvalue weighted by Gasteiger charge is 2.03. The summed E-state index contributed by atoms with van der Waals surface area (Å²) >= 11 is 0. The van der Waals surface area contributed by atoms with Crippen molar-refractivity contribution >= 4 is 14.0 Å². The van der Waals surface area contributed by atoms with E-state index in [0.717, 1.165) is 6.61 Å². The fourth-order valence-corrected chi connectivity index (χ4v) is 2.40. The molecule has 0 amide bonds. The molecule has 2 heteroatoms. The maximum atomic E-state index is 5.06. The van der Waals surface area contributed by atoms with Crippen molar-refractivity contribution in [3.05, 3.63) is 29.8 Å². The van der Waals surface area contributed by atoms with Gasteiger partial charge in [0.05, 0.1) is 15.4 Å². The molecule has 0 aliphatic heterocycles. The van der Waals surface area contributed by atoms with E-state index < -0.39 is 0 Å². The van der Waals surface area contributed by atoms with Crippen molar-refractivity contribution in [1.29, 1.82) is 0 Å². The van der Waals surface area contributed by atoms with Crippen molar-refractivity contribution in [3.8, 4) is 0 Å². The molecule has 1 radical (unpaired) electrons. The molecule has 0 unspecified atom stereocenters. The third kappa shape index (κ3) is 2.97. The molecule has 0 N–H and O–H groups in total. The number of benzene rings is 1. The second-order valence-electron chi connectivity index (χ2n) is 3.26. The van der Waals surface area contributed by atoms with Crippen LogP contribution in [0.15, 0.2) is 24.3 Å². The van der Waals surface area contributed by atoms with Gasteiger partial charge in [0.1, 0.15) is 0 Å². The minimum absolute atomic E-state index is 0.278. The Bertz CT molecular complexity index is 243. The summed E-state index contributed by atoms with van der Waals surface area (Å²) in [7, 11) is 1.45. The lowest BCUT2D eigenvalue weighted by Gasteiger charge is -2.07. The van der Waals surface area contributed by atoms with Crippen LogP contribution in [0, 0.1) is 0 Å². The summed E-state index contributed by atoms with van der Waals surface area (Å²) in [6, 6.07) is 10.1. The molecule has 1 rings (SSSR count). The fraction of sp³-hybridized carbons (Fsp3) is 0.455. The lowest BCUT2D eigenvalue weighted by atomic mass is 10.2. The predicted molar refractivity (Wildman–Crippen MR) is 58.9 cm³/mol. The maximum Gasteiger partial charge on any atom is 0.0821 e. The van der Waals surface area contributed by atoms with E-state index in [1.807, 2.05) is 0 Å². The molecule has 0 aliphatic carbocycles. The zero-order valence-electron chi connectivity index (χ0n) is 8.63. The van der Waals surface area contributed by atoms with Crippen LogP contribution < -0.4 is 5.19 Å². The monoisotopic (exact) mass is 193 g/mol. The molecular weight excluding hydrogens is 176 g/mol. The van der Waals surface area contributed by atoms with Gasteiger partial charge in [-0.15, -0.1) is 0 Å². The quantitative estimate of drug-likeness (QED) is 0.666. The Balaban J connectivity index is 2.69. The Hall–Kier alpha value is -0.603. The van der Waals surface area contributed by atoms with Crippen LogP contribution >= 0.6 is 0 Å². The molecule has 0 saturated heterocycles. The topological polar surface area (TPSA) is 9.23 Å². The fourth-order valence-electron chi connectivity index (χ4n) is 1.26. The van der Waals surface area contributed by atoms with Gasteiger partial charge in [0, 0.05) is 7.11 Å². The summed E-state index contributed by atoms with van der Waals surface area (Å²) in [5.41, 5.74) is 1.26. The van der Waals surface area contributed by atoms with Crippen molar-refractivity contribution < 1.29 is 4.74 Å². The summed E-state index contributed by atoms with van der Waals surface area (Å²) in [6.45, 7) is 5.34. The van der Waals surface area contributed by atoms with Crippen molar-refractivity contribution in [2.45, 2.75) is 26.1 Å².